The Morgan fingerprint density at radius 1 is 1.60 bits per heavy atom. The number of nitriles is 1. The summed E-state index contributed by atoms with van der Waals surface area (Å²) in [6, 6.07) is 1.72. The topological polar surface area (TPSA) is 93.4 Å². The van der Waals surface area contributed by atoms with E-state index in [1.807, 2.05) is 0 Å². The second-order valence-electron chi connectivity index (χ2n) is 3.43. The Hall–Kier alpha value is -1.61. The fourth-order valence-corrected chi connectivity index (χ4v) is 1.51. The smallest absolute Gasteiger partial charge is 0.311 e. The average Bonchev–Trinajstić information content (AvgIpc) is 2.73. The lowest BCUT2D eigenvalue weighted by molar-refractivity contribution is -0.145. The summed E-state index contributed by atoms with van der Waals surface area (Å²) in [4.78, 5) is 24.0. The van der Waals surface area contributed by atoms with Gasteiger partial charge < -0.3 is 15.3 Å². The highest BCUT2D eigenvalue weighted by molar-refractivity contribution is 6.35. The zero-order valence-corrected chi connectivity index (χ0v) is 8.27. The summed E-state index contributed by atoms with van der Waals surface area (Å²) in [6.45, 7) is 0.769. The number of rotatable bonds is 2. The van der Waals surface area contributed by atoms with E-state index in [9.17, 15) is 9.59 Å². The van der Waals surface area contributed by atoms with Crippen molar-refractivity contribution in [3.8, 4) is 6.07 Å². The van der Waals surface area contributed by atoms with Crippen LogP contribution in [0.25, 0.3) is 0 Å². The van der Waals surface area contributed by atoms with Crippen LogP contribution < -0.4 is 5.32 Å². The number of nitrogens with one attached hydrogen (secondary N) is 1. The number of hydrogen-bond donors (Lipinski definition) is 2. The van der Waals surface area contributed by atoms with Crippen molar-refractivity contribution in [1.29, 1.82) is 5.26 Å². The van der Waals surface area contributed by atoms with E-state index in [0.717, 1.165) is 0 Å². The number of hydrogen-bond acceptors (Lipinski definition) is 4. The van der Waals surface area contributed by atoms with Gasteiger partial charge in [-0.15, -0.1) is 0 Å². The average molecular weight is 211 g/mol. The van der Waals surface area contributed by atoms with E-state index in [1.54, 1.807) is 6.07 Å². The van der Waals surface area contributed by atoms with Gasteiger partial charge in [0.2, 0.25) is 0 Å². The molecule has 15 heavy (non-hydrogen) atoms. The molecule has 1 atom stereocenters. The third-order valence-electron chi connectivity index (χ3n) is 2.35. The lowest BCUT2D eigenvalue weighted by atomic mass is 10.1. The van der Waals surface area contributed by atoms with Crippen LogP contribution in [0.3, 0.4) is 0 Å². The van der Waals surface area contributed by atoms with E-state index in [4.69, 9.17) is 10.4 Å². The Bertz CT molecular complexity index is 297. The Morgan fingerprint density at radius 2 is 2.33 bits per heavy atom. The maximum absolute atomic E-state index is 11.4. The highest BCUT2D eigenvalue weighted by Crippen LogP contribution is 2.15. The van der Waals surface area contributed by atoms with Crippen LogP contribution in [0.15, 0.2) is 0 Å². The fraction of sp³-hybridized carbons (Fsp3) is 0.667. The van der Waals surface area contributed by atoms with Crippen molar-refractivity contribution >= 4 is 11.8 Å². The van der Waals surface area contributed by atoms with Gasteiger partial charge in [0, 0.05) is 25.6 Å². The maximum atomic E-state index is 11.4. The molecule has 0 aromatic rings. The first-order valence-corrected chi connectivity index (χ1v) is 4.74. The molecule has 0 bridgehead atoms. The summed E-state index contributed by atoms with van der Waals surface area (Å²) < 4.78 is 0. The molecule has 1 saturated heterocycles. The Kier molecular flexibility index (Phi) is 4.06. The van der Waals surface area contributed by atoms with Crippen molar-refractivity contribution in [2.45, 2.75) is 6.42 Å². The molecule has 1 heterocycles. The fourth-order valence-electron chi connectivity index (χ4n) is 1.51. The maximum Gasteiger partial charge on any atom is 0.311 e. The molecule has 1 fully saturated rings. The highest BCUT2D eigenvalue weighted by atomic mass is 16.3. The normalized spacial score (nSPS) is 19.7. The lowest BCUT2D eigenvalue weighted by Crippen LogP contribution is -2.42. The van der Waals surface area contributed by atoms with Gasteiger partial charge in [-0.2, -0.15) is 5.26 Å². The molecule has 6 heteroatoms. The van der Waals surface area contributed by atoms with Crippen molar-refractivity contribution in [3.63, 3.8) is 0 Å². The molecule has 2 amide bonds. The van der Waals surface area contributed by atoms with Crippen molar-refractivity contribution in [2.24, 2.45) is 5.92 Å². The molecule has 0 radical (unpaired) electrons. The number of amides is 2. The molecule has 1 rings (SSSR count). The van der Waals surface area contributed by atoms with Gasteiger partial charge >= 0.3 is 11.8 Å². The van der Waals surface area contributed by atoms with Gasteiger partial charge in [0.1, 0.15) is 6.54 Å². The van der Waals surface area contributed by atoms with Gasteiger partial charge in [-0.1, -0.05) is 0 Å². The summed E-state index contributed by atoms with van der Waals surface area (Å²) in [5.74, 6) is -1.31. The van der Waals surface area contributed by atoms with Gasteiger partial charge in [0.05, 0.1) is 6.07 Å². The first kappa shape index (κ1) is 11.5. The minimum absolute atomic E-state index is 0.0313. The lowest BCUT2D eigenvalue weighted by Gasteiger charge is -2.14. The Morgan fingerprint density at radius 3 is 2.87 bits per heavy atom. The molecule has 82 valence electrons. The molecular weight excluding hydrogens is 198 g/mol. The van der Waals surface area contributed by atoms with E-state index in [0.29, 0.717) is 19.5 Å². The number of nitrogens with zero attached hydrogens (tertiary/aromatic N) is 2. The predicted molar refractivity (Wildman–Crippen MR) is 50.4 cm³/mol. The summed E-state index contributed by atoms with van der Waals surface area (Å²) in [6.07, 6.45) is 0.716. The van der Waals surface area contributed by atoms with Crippen LogP contribution in [0, 0.1) is 17.2 Å². The molecule has 6 nitrogen and oxygen atoms in total. The monoisotopic (exact) mass is 211 g/mol. The van der Waals surface area contributed by atoms with E-state index in [1.165, 1.54) is 4.90 Å². The molecule has 1 aliphatic heterocycles. The van der Waals surface area contributed by atoms with Crippen LogP contribution >= 0.6 is 0 Å². The molecule has 0 aromatic carbocycles. The standard InChI is InChI=1S/C9H13N3O3/c10-2-3-11-8(14)9(15)12-4-1-7(5-12)6-13/h7,13H,1,3-6H2,(H,11,14). The summed E-state index contributed by atoms with van der Waals surface area (Å²) in [7, 11) is 0. The number of likely N-dealkylation sites (tertiary alicyclic amines) is 1. The van der Waals surface area contributed by atoms with Gasteiger partial charge in [-0.3, -0.25) is 9.59 Å². The van der Waals surface area contributed by atoms with Crippen LogP contribution in [0.2, 0.25) is 0 Å². The van der Waals surface area contributed by atoms with Crippen LogP contribution in [0.1, 0.15) is 6.42 Å². The molecule has 1 unspecified atom stereocenters. The van der Waals surface area contributed by atoms with E-state index >= 15 is 0 Å². The summed E-state index contributed by atoms with van der Waals surface area (Å²) >= 11 is 0. The quantitative estimate of drug-likeness (QED) is 0.428. The predicted octanol–water partition coefficient (Wildman–Crippen LogP) is -1.53. The molecule has 0 saturated carbocycles. The first-order valence-electron chi connectivity index (χ1n) is 4.74. The first-order chi connectivity index (χ1) is 7.19. The van der Waals surface area contributed by atoms with Crippen LogP contribution in [-0.2, 0) is 9.59 Å². The third-order valence-corrected chi connectivity index (χ3v) is 2.35. The van der Waals surface area contributed by atoms with E-state index in [-0.39, 0.29) is 19.1 Å². The van der Waals surface area contributed by atoms with E-state index in [2.05, 4.69) is 5.32 Å². The number of aliphatic hydroxyl groups is 1. The summed E-state index contributed by atoms with van der Waals surface area (Å²) in [5.41, 5.74) is 0. The zero-order valence-electron chi connectivity index (χ0n) is 8.27. The van der Waals surface area contributed by atoms with Gasteiger partial charge in [-0.05, 0) is 6.42 Å². The molecule has 0 spiro atoms. The second kappa shape index (κ2) is 5.32. The molecular formula is C9H13N3O3. The summed E-state index contributed by atoms with van der Waals surface area (Å²) in [5, 5.41) is 19.3. The van der Waals surface area contributed by atoms with Gasteiger partial charge in [-0.25, -0.2) is 0 Å². The minimum atomic E-state index is -0.755. The van der Waals surface area contributed by atoms with Crippen molar-refractivity contribution < 1.29 is 14.7 Å². The number of aliphatic hydroxyl groups excluding tert-OH is 1. The minimum Gasteiger partial charge on any atom is -0.396 e. The SMILES string of the molecule is N#CCNC(=O)C(=O)N1CCC(CO)C1. The Labute approximate surface area is 87.5 Å². The van der Waals surface area contributed by atoms with Gasteiger partial charge in [0.25, 0.3) is 0 Å². The highest BCUT2D eigenvalue weighted by Gasteiger charge is 2.29. The zero-order chi connectivity index (χ0) is 11.3. The number of carbonyl (C=O) groups is 2. The molecule has 0 aromatic heterocycles. The van der Waals surface area contributed by atoms with Crippen LogP contribution in [-0.4, -0.2) is 48.1 Å². The molecule has 2 N–H and O–H groups in total. The van der Waals surface area contributed by atoms with E-state index < -0.39 is 11.8 Å². The van der Waals surface area contributed by atoms with Crippen molar-refractivity contribution in [3.05, 3.63) is 0 Å². The van der Waals surface area contributed by atoms with Crippen molar-refractivity contribution in [1.82, 2.24) is 10.2 Å². The second-order valence-corrected chi connectivity index (χ2v) is 3.43. The van der Waals surface area contributed by atoms with Crippen LogP contribution in [0.4, 0.5) is 0 Å². The molecule has 0 aliphatic carbocycles. The van der Waals surface area contributed by atoms with Gasteiger partial charge in [0.15, 0.2) is 0 Å². The van der Waals surface area contributed by atoms with Crippen LogP contribution in [0.5, 0.6) is 0 Å². The third kappa shape index (κ3) is 2.92. The number of carbonyl (C=O) groups excluding carboxylic acids is 2. The largest absolute Gasteiger partial charge is 0.396 e. The molecule has 1 aliphatic rings. The van der Waals surface area contributed by atoms with Crippen molar-refractivity contribution in [2.75, 3.05) is 26.2 Å². The Balaban J connectivity index is 2.41.